The van der Waals surface area contributed by atoms with Crippen molar-refractivity contribution in [1.29, 1.82) is 0 Å². The molecule has 1 aliphatic rings. The van der Waals surface area contributed by atoms with Crippen LogP contribution in [-0.4, -0.2) is 38.6 Å². The van der Waals surface area contributed by atoms with Crippen LogP contribution in [0.5, 0.6) is 0 Å². The van der Waals surface area contributed by atoms with E-state index in [0.29, 0.717) is 5.92 Å². The minimum Gasteiger partial charge on any atom is -0.361 e. The van der Waals surface area contributed by atoms with Gasteiger partial charge in [0.2, 0.25) is 0 Å². The van der Waals surface area contributed by atoms with E-state index in [1.54, 1.807) is 0 Å². The molecule has 6 nitrogen and oxygen atoms in total. The summed E-state index contributed by atoms with van der Waals surface area (Å²) in [5.74, 6) is 1.36. The molecule has 2 amide bonds. The molecule has 1 aromatic carbocycles. The molecule has 3 heterocycles. The Labute approximate surface area is 153 Å². The summed E-state index contributed by atoms with van der Waals surface area (Å²) >= 11 is 0. The van der Waals surface area contributed by atoms with E-state index in [1.165, 1.54) is 0 Å². The van der Waals surface area contributed by atoms with Gasteiger partial charge in [0, 0.05) is 44.6 Å². The summed E-state index contributed by atoms with van der Waals surface area (Å²) in [7, 11) is 2.01. The number of aromatic nitrogens is 3. The number of para-hydroxylation sites is 1. The molecule has 0 spiro atoms. The fourth-order valence-corrected chi connectivity index (χ4v) is 3.97. The molecule has 0 radical (unpaired) electrons. The van der Waals surface area contributed by atoms with Crippen LogP contribution in [0.3, 0.4) is 0 Å². The molecule has 1 fully saturated rings. The van der Waals surface area contributed by atoms with Crippen molar-refractivity contribution >= 4 is 16.9 Å². The monoisotopic (exact) mass is 351 g/mol. The molecular weight excluding hydrogens is 326 g/mol. The lowest BCUT2D eigenvalue weighted by Gasteiger charge is -2.33. The number of benzene rings is 1. The van der Waals surface area contributed by atoms with E-state index in [1.807, 2.05) is 43.5 Å². The second kappa shape index (κ2) is 6.86. The Balaban J connectivity index is 1.46. The van der Waals surface area contributed by atoms with Crippen LogP contribution in [0.4, 0.5) is 4.79 Å². The van der Waals surface area contributed by atoms with Crippen molar-refractivity contribution in [3.05, 3.63) is 54.2 Å². The minimum absolute atomic E-state index is 0.0000293. The van der Waals surface area contributed by atoms with E-state index in [2.05, 4.69) is 38.1 Å². The number of urea groups is 1. The molecule has 0 saturated carbocycles. The maximum absolute atomic E-state index is 12.8. The lowest BCUT2D eigenvalue weighted by molar-refractivity contribution is 0.175. The number of hydrogen-bond donors (Lipinski definition) is 2. The standard InChI is InChI=1S/C20H25N5O/c1-14(17-7-3-5-15-8-9-21-18(15)17)23-20(26)25-11-4-6-16(13-25)19-22-10-12-24(19)2/h3,5,7-10,12,14,16,21H,4,6,11,13H2,1-2H3,(H,23,26). The summed E-state index contributed by atoms with van der Waals surface area (Å²) in [6.07, 6.45) is 7.81. The summed E-state index contributed by atoms with van der Waals surface area (Å²) in [4.78, 5) is 22.5. The van der Waals surface area contributed by atoms with Gasteiger partial charge in [0.25, 0.3) is 0 Å². The van der Waals surface area contributed by atoms with Crippen molar-refractivity contribution in [1.82, 2.24) is 24.8 Å². The van der Waals surface area contributed by atoms with Crippen LogP contribution in [0.1, 0.15) is 43.1 Å². The Kier molecular flexibility index (Phi) is 4.41. The third-order valence-electron chi connectivity index (χ3n) is 5.36. The third kappa shape index (κ3) is 3.07. The predicted octanol–water partition coefficient (Wildman–Crippen LogP) is 3.55. The lowest BCUT2D eigenvalue weighted by atomic mass is 9.97. The number of rotatable bonds is 3. The molecule has 4 rings (SSSR count). The van der Waals surface area contributed by atoms with E-state index in [4.69, 9.17) is 0 Å². The maximum Gasteiger partial charge on any atom is 0.317 e. The van der Waals surface area contributed by atoms with Gasteiger partial charge < -0.3 is 19.8 Å². The molecule has 6 heteroatoms. The Morgan fingerprint density at radius 1 is 1.38 bits per heavy atom. The third-order valence-corrected chi connectivity index (χ3v) is 5.36. The van der Waals surface area contributed by atoms with Crippen molar-refractivity contribution in [2.75, 3.05) is 13.1 Å². The number of aryl methyl sites for hydroxylation is 1. The Morgan fingerprint density at radius 2 is 2.27 bits per heavy atom. The molecule has 26 heavy (non-hydrogen) atoms. The highest BCUT2D eigenvalue weighted by Gasteiger charge is 2.27. The average Bonchev–Trinajstić information content (AvgIpc) is 3.30. The number of carbonyl (C=O) groups excluding carboxylic acids is 1. The largest absolute Gasteiger partial charge is 0.361 e. The van der Waals surface area contributed by atoms with Gasteiger partial charge in [-0.2, -0.15) is 0 Å². The number of likely N-dealkylation sites (tertiary alicyclic amines) is 1. The molecule has 1 aliphatic heterocycles. The van der Waals surface area contributed by atoms with Gasteiger partial charge in [-0.05, 0) is 36.8 Å². The topological polar surface area (TPSA) is 66.0 Å². The van der Waals surface area contributed by atoms with Gasteiger partial charge in [-0.25, -0.2) is 9.78 Å². The summed E-state index contributed by atoms with van der Waals surface area (Å²) in [5, 5.41) is 4.33. The zero-order valence-corrected chi connectivity index (χ0v) is 15.3. The Morgan fingerprint density at radius 3 is 3.08 bits per heavy atom. The van der Waals surface area contributed by atoms with Crippen LogP contribution in [0, 0.1) is 0 Å². The van der Waals surface area contributed by atoms with Crippen LogP contribution < -0.4 is 5.32 Å². The van der Waals surface area contributed by atoms with Crippen molar-refractivity contribution in [3.8, 4) is 0 Å². The zero-order chi connectivity index (χ0) is 18.1. The predicted molar refractivity (Wildman–Crippen MR) is 102 cm³/mol. The number of imidazole rings is 1. The highest BCUT2D eigenvalue weighted by molar-refractivity contribution is 5.84. The number of fused-ring (bicyclic) bond motifs is 1. The molecular formula is C20H25N5O. The molecule has 2 unspecified atom stereocenters. The van der Waals surface area contributed by atoms with Crippen LogP contribution in [0.25, 0.3) is 10.9 Å². The molecule has 136 valence electrons. The number of carbonyl (C=O) groups is 1. The second-order valence-corrected chi connectivity index (χ2v) is 7.14. The van der Waals surface area contributed by atoms with Gasteiger partial charge in [-0.15, -0.1) is 0 Å². The number of H-pyrrole nitrogens is 1. The van der Waals surface area contributed by atoms with E-state index in [0.717, 1.165) is 48.2 Å². The molecule has 3 aromatic rings. The molecule has 0 bridgehead atoms. The normalized spacial score (nSPS) is 18.8. The smallest absolute Gasteiger partial charge is 0.317 e. The number of nitrogens with zero attached hydrogens (tertiary/aromatic N) is 3. The second-order valence-electron chi connectivity index (χ2n) is 7.14. The number of piperidine rings is 1. The number of aromatic amines is 1. The summed E-state index contributed by atoms with van der Waals surface area (Å²) in [6.45, 7) is 3.55. The number of nitrogens with one attached hydrogen (secondary N) is 2. The minimum atomic E-state index is -0.0570. The number of hydrogen-bond acceptors (Lipinski definition) is 2. The molecule has 2 atom stereocenters. The van der Waals surface area contributed by atoms with E-state index >= 15 is 0 Å². The first-order chi connectivity index (χ1) is 12.6. The van der Waals surface area contributed by atoms with Gasteiger partial charge in [0.05, 0.1) is 11.6 Å². The SMILES string of the molecule is CC(NC(=O)N1CCCC(c2nccn2C)C1)c1cccc2cc[nH]c12. The Hall–Kier alpha value is -2.76. The van der Waals surface area contributed by atoms with Gasteiger partial charge in [-0.1, -0.05) is 18.2 Å². The quantitative estimate of drug-likeness (QED) is 0.758. The molecule has 1 saturated heterocycles. The van der Waals surface area contributed by atoms with Gasteiger partial charge in [0.1, 0.15) is 5.82 Å². The fourth-order valence-electron chi connectivity index (χ4n) is 3.97. The maximum atomic E-state index is 12.8. The van der Waals surface area contributed by atoms with Crippen molar-refractivity contribution < 1.29 is 4.79 Å². The lowest BCUT2D eigenvalue weighted by Crippen LogP contribution is -2.46. The first-order valence-electron chi connectivity index (χ1n) is 9.22. The van der Waals surface area contributed by atoms with Crippen LogP contribution in [0.15, 0.2) is 42.9 Å². The van der Waals surface area contributed by atoms with Crippen LogP contribution in [-0.2, 0) is 7.05 Å². The highest BCUT2D eigenvalue weighted by atomic mass is 16.2. The van der Waals surface area contributed by atoms with E-state index < -0.39 is 0 Å². The zero-order valence-electron chi connectivity index (χ0n) is 15.3. The first kappa shape index (κ1) is 16.7. The van der Waals surface area contributed by atoms with Crippen molar-refractivity contribution in [3.63, 3.8) is 0 Å². The summed E-state index contributed by atoms with van der Waals surface area (Å²) in [6, 6.07) is 8.17. The number of amides is 2. The molecule has 2 N–H and O–H groups in total. The molecule has 2 aromatic heterocycles. The fraction of sp³-hybridized carbons (Fsp3) is 0.400. The van der Waals surface area contributed by atoms with Gasteiger partial charge >= 0.3 is 6.03 Å². The first-order valence-corrected chi connectivity index (χ1v) is 9.22. The highest BCUT2D eigenvalue weighted by Crippen LogP contribution is 2.27. The van der Waals surface area contributed by atoms with E-state index in [-0.39, 0.29) is 12.1 Å². The average molecular weight is 351 g/mol. The van der Waals surface area contributed by atoms with Crippen LogP contribution in [0.2, 0.25) is 0 Å². The van der Waals surface area contributed by atoms with Crippen molar-refractivity contribution in [2.24, 2.45) is 7.05 Å². The summed E-state index contributed by atoms with van der Waals surface area (Å²) < 4.78 is 2.06. The van der Waals surface area contributed by atoms with E-state index in [9.17, 15) is 4.79 Å². The van der Waals surface area contributed by atoms with Gasteiger partial charge in [0.15, 0.2) is 0 Å². The Bertz CT molecular complexity index is 912. The molecule has 0 aliphatic carbocycles. The summed E-state index contributed by atoms with van der Waals surface area (Å²) in [5.41, 5.74) is 2.20. The van der Waals surface area contributed by atoms with Gasteiger partial charge in [-0.3, -0.25) is 0 Å². The van der Waals surface area contributed by atoms with Crippen molar-refractivity contribution in [2.45, 2.75) is 31.7 Å². The van der Waals surface area contributed by atoms with Crippen LogP contribution >= 0.6 is 0 Å².